The third-order valence-electron chi connectivity index (χ3n) is 3.94. The first kappa shape index (κ1) is 15.5. The molecule has 26 heavy (non-hydrogen) atoms. The van der Waals surface area contributed by atoms with Crippen molar-refractivity contribution < 1.29 is 14.3 Å². The van der Waals surface area contributed by atoms with Crippen LogP contribution in [0.2, 0.25) is 0 Å². The monoisotopic (exact) mass is 353 g/mol. The molecule has 2 amide bonds. The van der Waals surface area contributed by atoms with E-state index in [1.807, 2.05) is 0 Å². The number of anilines is 1. The van der Waals surface area contributed by atoms with Crippen molar-refractivity contribution in [3.05, 3.63) is 52.1 Å². The van der Waals surface area contributed by atoms with Gasteiger partial charge in [0.1, 0.15) is 17.9 Å². The summed E-state index contributed by atoms with van der Waals surface area (Å²) in [6.07, 6.45) is 1.37. The van der Waals surface area contributed by atoms with Crippen molar-refractivity contribution in [3.8, 4) is 17.1 Å². The lowest BCUT2D eigenvalue weighted by molar-refractivity contribution is 0.0880. The molecule has 0 bridgehead atoms. The number of amides is 2. The molecule has 0 unspecified atom stereocenters. The van der Waals surface area contributed by atoms with Crippen molar-refractivity contribution in [1.82, 2.24) is 30.1 Å². The summed E-state index contributed by atoms with van der Waals surface area (Å²) < 4.78 is 7.74. The zero-order valence-electron chi connectivity index (χ0n) is 13.3. The van der Waals surface area contributed by atoms with Gasteiger partial charge in [0.15, 0.2) is 0 Å². The van der Waals surface area contributed by atoms with E-state index in [1.54, 1.807) is 18.2 Å². The number of hydrogen-bond donors (Lipinski definition) is 2. The number of aromatic nitrogens is 5. The number of hydrogen-bond acceptors (Lipinski definition) is 8. The summed E-state index contributed by atoms with van der Waals surface area (Å²) in [4.78, 5) is 36.3. The van der Waals surface area contributed by atoms with Crippen LogP contribution < -0.4 is 21.3 Å². The maximum atomic E-state index is 12.6. The van der Waals surface area contributed by atoms with Crippen LogP contribution in [0.4, 0.5) is 5.82 Å². The molecule has 1 aliphatic heterocycles. The van der Waals surface area contributed by atoms with Crippen LogP contribution in [0.25, 0.3) is 11.4 Å². The fourth-order valence-electron chi connectivity index (χ4n) is 2.77. The number of nitrogens with one attached hydrogen (secondary N) is 1. The molecule has 1 aliphatic rings. The number of ether oxygens (including phenoxy) is 1. The third kappa shape index (κ3) is 2.22. The highest BCUT2D eigenvalue weighted by Crippen LogP contribution is 2.26. The number of pyridine rings is 1. The van der Waals surface area contributed by atoms with Gasteiger partial charge in [-0.1, -0.05) is 0 Å². The first-order valence-electron chi connectivity index (χ1n) is 7.33. The van der Waals surface area contributed by atoms with Gasteiger partial charge in [-0.05, 0) is 16.5 Å². The van der Waals surface area contributed by atoms with Gasteiger partial charge in [-0.3, -0.25) is 24.3 Å². The molecule has 2 aromatic heterocycles. The van der Waals surface area contributed by atoms with Crippen LogP contribution in [0, 0.1) is 0 Å². The number of fused-ring (bicyclic) bond motifs is 1. The van der Waals surface area contributed by atoms with Crippen molar-refractivity contribution in [2.75, 3.05) is 12.8 Å². The molecule has 0 atom stereocenters. The van der Waals surface area contributed by atoms with Crippen LogP contribution in [-0.4, -0.2) is 43.7 Å². The van der Waals surface area contributed by atoms with Gasteiger partial charge in [0.2, 0.25) is 0 Å². The van der Waals surface area contributed by atoms with Crippen LogP contribution >= 0.6 is 0 Å². The molecular weight excluding hydrogens is 342 g/mol. The minimum Gasteiger partial charge on any atom is -0.497 e. The van der Waals surface area contributed by atoms with E-state index in [0.29, 0.717) is 17.1 Å². The zero-order chi connectivity index (χ0) is 18.4. The highest BCUT2D eigenvalue weighted by molar-refractivity contribution is 6.23. The van der Waals surface area contributed by atoms with Gasteiger partial charge in [-0.25, -0.2) is 4.68 Å². The summed E-state index contributed by atoms with van der Waals surface area (Å²) >= 11 is 0. The lowest BCUT2D eigenvalue weighted by Gasteiger charge is -2.14. The van der Waals surface area contributed by atoms with E-state index in [4.69, 9.17) is 10.5 Å². The summed E-state index contributed by atoms with van der Waals surface area (Å²) in [5, 5.41) is 13.0. The van der Waals surface area contributed by atoms with Crippen molar-refractivity contribution in [2.24, 2.45) is 0 Å². The van der Waals surface area contributed by atoms with E-state index >= 15 is 0 Å². The molecule has 0 aliphatic carbocycles. The van der Waals surface area contributed by atoms with Gasteiger partial charge in [0, 0.05) is 18.2 Å². The number of rotatable bonds is 3. The summed E-state index contributed by atoms with van der Waals surface area (Å²) in [6, 6.07) is 5.89. The van der Waals surface area contributed by atoms with E-state index in [2.05, 4.69) is 20.8 Å². The van der Waals surface area contributed by atoms with Gasteiger partial charge in [-0.2, -0.15) is 0 Å². The summed E-state index contributed by atoms with van der Waals surface area (Å²) in [5.41, 5.74) is 6.23. The van der Waals surface area contributed by atoms with Gasteiger partial charge in [-0.15, -0.1) is 5.10 Å². The van der Waals surface area contributed by atoms with Crippen LogP contribution in [0.5, 0.6) is 5.75 Å². The van der Waals surface area contributed by atoms with Crippen LogP contribution in [0.15, 0.2) is 35.4 Å². The lowest BCUT2D eigenvalue weighted by atomic mass is 10.1. The normalized spacial score (nSPS) is 12.8. The highest BCUT2D eigenvalue weighted by atomic mass is 16.5. The SMILES string of the molecule is COc1cc(-n2cnnn2)cc(-n2c(N)c3c(cc2=O)C(=O)NC3=O)c1. The molecule has 3 heterocycles. The first-order chi connectivity index (χ1) is 12.5. The Morgan fingerprint density at radius 1 is 1.08 bits per heavy atom. The lowest BCUT2D eigenvalue weighted by Crippen LogP contribution is -2.24. The predicted octanol–water partition coefficient (Wildman–Crippen LogP) is -0.712. The fraction of sp³-hybridized carbons (Fsp3) is 0.0667. The summed E-state index contributed by atoms with van der Waals surface area (Å²) in [5.74, 6) is -1.03. The number of nitrogens with zero attached hydrogens (tertiary/aromatic N) is 5. The zero-order valence-corrected chi connectivity index (χ0v) is 13.3. The Hall–Kier alpha value is -4.02. The largest absolute Gasteiger partial charge is 0.497 e. The van der Waals surface area contributed by atoms with Crippen molar-refractivity contribution in [2.45, 2.75) is 0 Å². The van der Waals surface area contributed by atoms with E-state index < -0.39 is 17.4 Å². The Balaban J connectivity index is 1.98. The summed E-state index contributed by atoms with van der Waals surface area (Å²) in [6.45, 7) is 0. The fourth-order valence-corrected chi connectivity index (χ4v) is 2.77. The molecule has 11 nitrogen and oxygen atoms in total. The van der Waals surface area contributed by atoms with Gasteiger partial charge in [0.25, 0.3) is 17.4 Å². The Labute approximate surface area is 145 Å². The van der Waals surface area contributed by atoms with Gasteiger partial charge < -0.3 is 10.5 Å². The van der Waals surface area contributed by atoms with E-state index in [1.165, 1.54) is 18.1 Å². The number of benzene rings is 1. The minimum atomic E-state index is -0.653. The van der Waals surface area contributed by atoms with Crippen LogP contribution in [0.1, 0.15) is 20.7 Å². The number of imide groups is 1. The molecule has 0 spiro atoms. The molecule has 0 fully saturated rings. The summed E-state index contributed by atoms with van der Waals surface area (Å²) in [7, 11) is 1.46. The topological polar surface area (TPSA) is 147 Å². The Kier molecular flexibility index (Phi) is 3.29. The van der Waals surface area contributed by atoms with Gasteiger partial charge in [0.05, 0.1) is 29.6 Å². The molecule has 0 saturated carbocycles. The maximum absolute atomic E-state index is 12.6. The number of carbonyl (C=O) groups excluding carboxylic acids is 2. The maximum Gasteiger partial charge on any atom is 0.262 e. The van der Waals surface area contributed by atoms with Crippen molar-refractivity contribution in [3.63, 3.8) is 0 Å². The van der Waals surface area contributed by atoms with Crippen molar-refractivity contribution in [1.29, 1.82) is 0 Å². The number of nitrogen functional groups attached to an aromatic ring is 1. The molecule has 4 rings (SSSR count). The molecule has 0 saturated heterocycles. The number of methoxy groups -OCH3 is 1. The Morgan fingerprint density at radius 2 is 1.85 bits per heavy atom. The standard InChI is InChI=1S/C15H11N7O4/c1-26-9-3-7(21-6-17-19-20-21)2-8(4-9)22-11(23)5-10-12(13(22)16)15(25)18-14(10)24/h2-6H,16H2,1H3,(H,18,24,25). The highest BCUT2D eigenvalue weighted by Gasteiger charge is 2.32. The molecule has 3 N–H and O–H groups in total. The van der Waals surface area contributed by atoms with Crippen LogP contribution in [0.3, 0.4) is 0 Å². The van der Waals surface area contributed by atoms with E-state index in [9.17, 15) is 14.4 Å². The molecule has 1 aromatic carbocycles. The molecule has 0 radical (unpaired) electrons. The van der Waals surface area contributed by atoms with E-state index in [0.717, 1.165) is 10.6 Å². The first-order valence-corrected chi connectivity index (χ1v) is 7.33. The smallest absolute Gasteiger partial charge is 0.262 e. The average Bonchev–Trinajstić information content (AvgIpc) is 3.23. The second kappa shape index (κ2) is 5.51. The quantitative estimate of drug-likeness (QED) is 0.587. The number of nitrogens with two attached hydrogens (primary N) is 1. The van der Waals surface area contributed by atoms with Gasteiger partial charge >= 0.3 is 0 Å². The second-order valence-electron chi connectivity index (χ2n) is 5.42. The second-order valence-corrected chi connectivity index (χ2v) is 5.42. The molecule has 11 heteroatoms. The molecule has 130 valence electrons. The third-order valence-corrected chi connectivity index (χ3v) is 3.94. The van der Waals surface area contributed by atoms with Crippen LogP contribution in [-0.2, 0) is 0 Å². The Bertz CT molecular complexity index is 1120. The average molecular weight is 353 g/mol. The van der Waals surface area contributed by atoms with Crippen molar-refractivity contribution >= 4 is 17.6 Å². The number of tetrazole rings is 1. The Morgan fingerprint density at radius 3 is 2.54 bits per heavy atom. The molecular formula is C15H11N7O4. The molecule has 3 aromatic rings. The minimum absolute atomic E-state index is 0.0404. The predicted molar refractivity (Wildman–Crippen MR) is 87.5 cm³/mol. The van der Waals surface area contributed by atoms with E-state index in [-0.39, 0.29) is 16.9 Å². The number of carbonyl (C=O) groups is 2.